The maximum atomic E-state index is 12.6. The van der Waals surface area contributed by atoms with Gasteiger partial charge < -0.3 is 14.6 Å². The number of fused-ring (bicyclic) bond motifs is 1. The predicted octanol–water partition coefficient (Wildman–Crippen LogP) is 2.34. The van der Waals surface area contributed by atoms with E-state index in [1.54, 1.807) is 17.9 Å². The van der Waals surface area contributed by atoms with Crippen molar-refractivity contribution in [3.05, 3.63) is 36.0 Å². The molecular weight excluding hydrogens is 268 g/mol. The Morgan fingerprint density at radius 1 is 1.38 bits per heavy atom. The van der Waals surface area contributed by atoms with Crippen LogP contribution in [0.2, 0.25) is 0 Å². The van der Waals surface area contributed by atoms with Gasteiger partial charge in [-0.1, -0.05) is 6.07 Å². The zero-order valence-electron chi connectivity index (χ0n) is 12.0. The number of esters is 1. The van der Waals surface area contributed by atoms with Crippen LogP contribution >= 0.6 is 0 Å². The molecule has 2 aromatic rings. The van der Waals surface area contributed by atoms with Gasteiger partial charge >= 0.3 is 5.97 Å². The van der Waals surface area contributed by atoms with Gasteiger partial charge in [0.2, 0.25) is 0 Å². The SMILES string of the molecule is CCOC(=O)C1CCCN1C(=O)c1ccc2cc[nH]c2c1. The van der Waals surface area contributed by atoms with Crippen molar-refractivity contribution in [3.63, 3.8) is 0 Å². The molecule has 1 fully saturated rings. The minimum absolute atomic E-state index is 0.109. The number of aromatic amines is 1. The van der Waals surface area contributed by atoms with Gasteiger partial charge in [0.05, 0.1) is 6.61 Å². The number of carbonyl (C=O) groups excluding carboxylic acids is 2. The molecule has 1 N–H and O–H groups in total. The zero-order chi connectivity index (χ0) is 14.8. The van der Waals surface area contributed by atoms with Gasteiger partial charge in [-0.05, 0) is 43.4 Å². The Kier molecular flexibility index (Phi) is 3.64. The van der Waals surface area contributed by atoms with E-state index >= 15 is 0 Å². The summed E-state index contributed by atoms with van der Waals surface area (Å²) in [6.45, 7) is 2.72. The van der Waals surface area contributed by atoms with Crippen LogP contribution in [0.1, 0.15) is 30.1 Å². The van der Waals surface area contributed by atoms with Crippen LogP contribution in [0.3, 0.4) is 0 Å². The second-order valence-electron chi connectivity index (χ2n) is 5.19. The first-order chi connectivity index (χ1) is 10.2. The van der Waals surface area contributed by atoms with Crippen molar-refractivity contribution in [1.82, 2.24) is 9.88 Å². The Balaban J connectivity index is 1.84. The van der Waals surface area contributed by atoms with Gasteiger partial charge in [0.25, 0.3) is 5.91 Å². The van der Waals surface area contributed by atoms with Crippen LogP contribution in [0.5, 0.6) is 0 Å². The summed E-state index contributed by atoms with van der Waals surface area (Å²) in [4.78, 5) is 29.3. The number of aromatic nitrogens is 1. The number of hydrogen-bond donors (Lipinski definition) is 1. The summed E-state index contributed by atoms with van der Waals surface area (Å²) < 4.78 is 5.06. The van der Waals surface area contributed by atoms with Crippen LogP contribution in [0.15, 0.2) is 30.5 Å². The molecule has 1 atom stereocenters. The minimum Gasteiger partial charge on any atom is -0.464 e. The van der Waals surface area contributed by atoms with E-state index in [-0.39, 0.29) is 11.9 Å². The van der Waals surface area contributed by atoms with Gasteiger partial charge in [-0.15, -0.1) is 0 Å². The minimum atomic E-state index is -0.447. The van der Waals surface area contributed by atoms with Crippen molar-refractivity contribution in [3.8, 4) is 0 Å². The number of hydrogen-bond acceptors (Lipinski definition) is 3. The van der Waals surface area contributed by atoms with Gasteiger partial charge in [0.1, 0.15) is 6.04 Å². The van der Waals surface area contributed by atoms with Crippen molar-refractivity contribution < 1.29 is 14.3 Å². The second kappa shape index (κ2) is 5.60. The summed E-state index contributed by atoms with van der Waals surface area (Å²) in [5, 5.41) is 1.06. The monoisotopic (exact) mass is 286 g/mol. The zero-order valence-corrected chi connectivity index (χ0v) is 12.0. The number of carbonyl (C=O) groups is 2. The van der Waals surface area contributed by atoms with Crippen LogP contribution in [0.25, 0.3) is 10.9 Å². The van der Waals surface area contributed by atoms with E-state index in [0.717, 1.165) is 17.3 Å². The highest BCUT2D eigenvalue weighted by Gasteiger charge is 2.35. The van der Waals surface area contributed by atoms with E-state index in [1.807, 2.05) is 24.4 Å². The van der Waals surface area contributed by atoms with E-state index < -0.39 is 6.04 Å². The van der Waals surface area contributed by atoms with Crippen molar-refractivity contribution in [1.29, 1.82) is 0 Å². The lowest BCUT2D eigenvalue weighted by Crippen LogP contribution is -2.41. The fraction of sp³-hybridized carbons (Fsp3) is 0.375. The molecule has 0 saturated carbocycles. The summed E-state index contributed by atoms with van der Waals surface area (Å²) in [7, 11) is 0. The number of likely N-dealkylation sites (tertiary alicyclic amines) is 1. The van der Waals surface area contributed by atoms with Crippen molar-refractivity contribution >= 4 is 22.8 Å². The number of benzene rings is 1. The Labute approximate surface area is 122 Å². The molecule has 5 nitrogen and oxygen atoms in total. The first-order valence-electron chi connectivity index (χ1n) is 7.25. The van der Waals surface area contributed by atoms with Gasteiger partial charge in [-0.3, -0.25) is 4.79 Å². The molecule has 0 spiro atoms. The Morgan fingerprint density at radius 3 is 3.05 bits per heavy atom. The van der Waals surface area contributed by atoms with Gasteiger partial charge in [0.15, 0.2) is 0 Å². The number of ether oxygens (including phenoxy) is 1. The lowest BCUT2D eigenvalue weighted by Gasteiger charge is -2.23. The van der Waals surface area contributed by atoms with Crippen LogP contribution in [-0.2, 0) is 9.53 Å². The molecule has 21 heavy (non-hydrogen) atoms. The quantitative estimate of drug-likeness (QED) is 0.881. The fourth-order valence-corrected chi connectivity index (χ4v) is 2.84. The van der Waals surface area contributed by atoms with Crippen LogP contribution < -0.4 is 0 Å². The van der Waals surface area contributed by atoms with Crippen LogP contribution in [-0.4, -0.2) is 41.0 Å². The van der Waals surface area contributed by atoms with Gasteiger partial charge in [-0.2, -0.15) is 0 Å². The third-order valence-electron chi connectivity index (χ3n) is 3.87. The summed E-state index contributed by atoms with van der Waals surface area (Å²) in [6.07, 6.45) is 3.35. The Bertz CT molecular complexity index is 677. The molecule has 5 heteroatoms. The molecule has 1 aromatic heterocycles. The molecule has 1 unspecified atom stereocenters. The van der Waals surface area contributed by atoms with Crippen molar-refractivity contribution in [2.45, 2.75) is 25.8 Å². The van der Waals surface area contributed by atoms with E-state index in [9.17, 15) is 9.59 Å². The summed E-state index contributed by atoms with van der Waals surface area (Å²) in [6, 6.07) is 7.06. The van der Waals surface area contributed by atoms with E-state index in [4.69, 9.17) is 4.74 Å². The highest BCUT2D eigenvalue weighted by molar-refractivity contribution is 6.00. The normalized spacial score (nSPS) is 18.1. The molecule has 1 amide bonds. The number of nitrogens with one attached hydrogen (secondary N) is 1. The molecule has 1 saturated heterocycles. The molecule has 2 heterocycles. The number of rotatable bonds is 3. The molecule has 1 aromatic carbocycles. The number of amides is 1. The van der Waals surface area contributed by atoms with Gasteiger partial charge in [0, 0.05) is 23.8 Å². The predicted molar refractivity (Wildman–Crippen MR) is 79.0 cm³/mol. The maximum absolute atomic E-state index is 12.6. The third kappa shape index (κ3) is 2.51. The molecule has 110 valence electrons. The van der Waals surface area contributed by atoms with Crippen molar-refractivity contribution in [2.24, 2.45) is 0 Å². The third-order valence-corrected chi connectivity index (χ3v) is 3.87. The second-order valence-corrected chi connectivity index (χ2v) is 5.19. The molecule has 1 aliphatic heterocycles. The van der Waals surface area contributed by atoms with E-state index in [1.165, 1.54) is 0 Å². The molecule has 0 aliphatic carbocycles. The number of nitrogens with zero attached hydrogens (tertiary/aromatic N) is 1. The summed E-state index contributed by atoms with van der Waals surface area (Å²) >= 11 is 0. The fourth-order valence-electron chi connectivity index (χ4n) is 2.84. The lowest BCUT2D eigenvalue weighted by atomic mass is 10.1. The Morgan fingerprint density at radius 2 is 2.24 bits per heavy atom. The highest BCUT2D eigenvalue weighted by Crippen LogP contribution is 2.23. The summed E-state index contributed by atoms with van der Waals surface area (Å²) in [5.74, 6) is -0.411. The average molecular weight is 286 g/mol. The Hall–Kier alpha value is -2.30. The highest BCUT2D eigenvalue weighted by atomic mass is 16.5. The van der Waals surface area contributed by atoms with E-state index in [2.05, 4.69) is 4.98 Å². The largest absolute Gasteiger partial charge is 0.464 e. The molecule has 3 rings (SSSR count). The summed E-state index contributed by atoms with van der Waals surface area (Å²) in [5.41, 5.74) is 1.52. The molecule has 0 radical (unpaired) electrons. The van der Waals surface area contributed by atoms with Crippen LogP contribution in [0.4, 0.5) is 0 Å². The number of H-pyrrole nitrogens is 1. The first kappa shape index (κ1) is 13.7. The maximum Gasteiger partial charge on any atom is 0.328 e. The molecule has 0 bridgehead atoms. The van der Waals surface area contributed by atoms with Crippen molar-refractivity contribution in [2.75, 3.05) is 13.2 Å². The lowest BCUT2D eigenvalue weighted by molar-refractivity contribution is -0.147. The standard InChI is InChI=1S/C16H18N2O3/c1-2-21-16(20)14-4-3-9-18(14)15(19)12-6-5-11-7-8-17-13(11)10-12/h5-8,10,14,17H,2-4,9H2,1H3. The average Bonchev–Trinajstić information content (AvgIpc) is 3.14. The van der Waals surface area contributed by atoms with Crippen LogP contribution in [0, 0.1) is 0 Å². The van der Waals surface area contributed by atoms with Gasteiger partial charge in [-0.25, -0.2) is 4.79 Å². The first-order valence-corrected chi connectivity index (χ1v) is 7.25. The van der Waals surface area contributed by atoms with E-state index in [0.29, 0.717) is 25.1 Å². The molecule has 1 aliphatic rings. The topological polar surface area (TPSA) is 62.4 Å². The smallest absolute Gasteiger partial charge is 0.328 e. The molecular formula is C16H18N2O3.